The number of hydrogen-bond donors (Lipinski definition) is 0. The van der Waals surface area contributed by atoms with Gasteiger partial charge in [0.15, 0.2) is 0 Å². The molecule has 0 amide bonds. The van der Waals surface area contributed by atoms with Crippen LogP contribution in [0.25, 0.3) is 112 Å². The van der Waals surface area contributed by atoms with Crippen molar-refractivity contribution in [3.63, 3.8) is 0 Å². The molecule has 0 saturated heterocycles. The first-order valence-corrected chi connectivity index (χ1v) is 53.7. The molecule has 0 bridgehead atoms. The van der Waals surface area contributed by atoms with Gasteiger partial charge in [-0.3, -0.25) is 0 Å². The summed E-state index contributed by atoms with van der Waals surface area (Å²) in [5.74, 6) is 1.81. The van der Waals surface area contributed by atoms with Crippen molar-refractivity contribution in [2.75, 3.05) is 23.0 Å². The maximum atomic E-state index is 6.51. The maximum absolute atomic E-state index is 6.51. The Hall–Kier alpha value is -16.6. The summed E-state index contributed by atoms with van der Waals surface area (Å²) < 4.78 is 30.4. The fourth-order valence-electron chi connectivity index (χ4n) is 25.5. The van der Waals surface area contributed by atoms with Crippen molar-refractivity contribution in [1.82, 2.24) is 9.13 Å². The van der Waals surface area contributed by atoms with Crippen molar-refractivity contribution in [1.29, 1.82) is 0 Å². The molecule has 2 atom stereocenters. The lowest BCUT2D eigenvalue weighted by molar-refractivity contribution is 0.105. The van der Waals surface area contributed by atoms with Crippen LogP contribution in [-0.4, -0.2) is 22.3 Å². The predicted molar refractivity (Wildman–Crippen MR) is 623 cm³/mol. The molecule has 150 heavy (non-hydrogen) atoms. The maximum Gasteiger partial charge on any atom is 0.119 e. The third-order valence-electron chi connectivity index (χ3n) is 33.0. The molecular formula is C142H122N4O4. The largest absolute Gasteiger partial charge is 0.494 e. The number of nitrogens with zero attached hydrogens (tertiary/aromatic N) is 4. The molecular weight excluding hydrogens is 1830 g/mol. The van der Waals surface area contributed by atoms with Gasteiger partial charge in [-0.1, -0.05) is 383 Å². The lowest BCUT2D eigenvalue weighted by Crippen LogP contribution is -2.27. The third-order valence-corrected chi connectivity index (χ3v) is 33.0. The fourth-order valence-corrected chi connectivity index (χ4v) is 25.5. The summed E-state index contributed by atoms with van der Waals surface area (Å²) >= 11 is 0. The van der Waals surface area contributed by atoms with Crippen molar-refractivity contribution in [3.8, 4) is 67.4 Å². The van der Waals surface area contributed by atoms with Gasteiger partial charge >= 0.3 is 0 Å². The molecule has 0 spiro atoms. The molecule has 0 fully saturated rings. The molecule has 19 aromatic carbocycles. The minimum Gasteiger partial charge on any atom is -0.494 e. The Morgan fingerprint density at radius 2 is 0.527 bits per heavy atom. The van der Waals surface area contributed by atoms with Gasteiger partial charge in [0.05, 0.1) is 61.7 Å². The number of unbranched alkanes of at least 4 members (excludes halogenated alkanes) is 6. The molecule has 4 aliphatic carbocycles. The molecule has 2 unspecified atom stereocenters. The highest BCUT2D eigenvalue weighted by Crippen LogP contribution is 2.61. The lowest BCUT2D eigenvalue weighted by Gasteiger charge is -2.34. The minimum absolute atomic E-state index is 0.204. The number of benzene rings is 19. The van der Waals surface area contributed by atoms with Crippen molar-refractivity contribution in [2.45, 2.75) is 140 Å². The second-order valence-corrected chi connectivity index (χ2v) is 42.4. The molecule has 21 aromatic rings. The van der Waals surface area contributed by atoms with Crippen LogP contribution in [0.5, 0.6) is 11.5 Å². The first kappa shape index (κ1) is 94.4. The van der Waals surface area contributed by atoms with Crippen LogP contribution in [0, 0.1) is 0 Å². The van der Waals surface area contributed by atoms with Crippen molar-refractivity contribution in [2.24, 2.45) is 0 Å². The summed E-state index contributed by atoms with van der Waals surface area (Å²) in [5.41, 5.74) is 42.9. The topological polar surface area (TPSA) is 53.3 Å². The van der Waals surface area contributed by atoms with Crippen LogP contribution < -0.4 is 19.3 Å². The summed E-state index contributed by atoms with van der Waals surface area (Å²) in [6.07, 6.45) is 14.2. The monoisotopic (exact) mass is 1950 g/mol. The molecule has 4 aliphatic rings. The zero-order chi connectivity index (χ0) is 101. The van der Waals surface area contributed by atoms with Gasteiger partial charge in [-0.05, 0) is 305 Å². The first-order valence-electron chi connectivity index (χ1n) is 53.7. The van der Waals surface area contributed by atoms with E-state index in [0.717, 1.165) is 177 Å². The van der Waals surface area contributed by atoms with E-state index in [4.69, 9.17) is 18.9 Å². The third kappa shape index (κ3) is 16.9. The number of anilines is 6. The highest BCUT2D eigenvalue weighted by Gasteiger charge is 2.48. The lowest BCUT2D eigenvalue weighted by atomic mass is 9.69. The van der Waals surface area contributed by atoms with Gasteiger partial charge < -0.3 is 37.9 Å². The Bertz CT molecular complexity index is 8160. The molecule has 8 nitrogen and oxygen atoms in total. The van der Waals surface area contributed by atoms with Crippen molar-refractivity contribution in [3.05, 3.63) is 539 Å². The smallest absolute Gasteiger partial charge is 0.119 e. The quantitative estimate of drug-likeness (QED) is 0.0365. The van der Waals surface area contributed by atoms with E-state index in [0.29, 0.717) is 39.6 Å². The standard InChI is InChI=1S/C142H122N4O4/c1-7-97-59-73-113(74-60-97)149-85-33-11-9-31-83-141(103-35-15-13-16-36-103)129-47-27-21-41-117(129)121-79-69-111(91-133(121)141)143(109-67-77-119-115-39-19-25-45-127(115)139(3,4)131(119)89-109)107-71-81-137-125(87-107)123-43-23-29-49-135(123)145(137)105-63-55-101(56-64-105)95-147-93-99-51-53-100(54-52-99)94-148-96-102-57-65-106(66-58-102)146-136-50-30-24-44-124(136)126-88-108(72-82-138(126)146)144(110-68-78-120-116-40-20-26-46-128(116)140(5,6)132(120)90-110)112-70-80-122-118-42-22-28-48-130(118)142(134(122)92-112,104-37-17-14-18-38-104)84-32-10-12-34-86-150-114-75-61-98(8-2)62-76-114/h7-8,13-30,35-82,87-92H,1-2,9-12,31-34,83-86,93-96H2,3-6H3. The second-order valence-electron chi connectivity index (χ2n) is 42.4. The number of aromatic nitrogens is 2. The average Bonchev–Trinajstić information content (AvgIpc) is 1.55. The van der Waals surface area contributed by atoms with Crippen LogP contribution in [0.1, 0.15) is 181 Å². The van der Waals surface area contributed by atoms with Crippen LogP contribution in [0.15, 0.2) is 450 Å². The van der Waals surface area contributed by atoms with Gasteiger partial charge in [-0.15, -0.1) is 0 Å². The van der Waals surface area contributed by atoms with E-state index < -0.39 is 0 Å². The van der Waals surface area contributed by atoms with E-state index in [1.54, 1.807) is 0 Å². The molecule has 734 valence electrons. The van der Waals surface area contributed by atoms with E-state index in [1.807, 2.05) is 36.4 Å². The molecule has 8 heteroatoms. The van der Waals surface area contributed by atoms with Gasteiger partial charge in [0, 0.05) is 88.7 Å². The Balaban J connectivity index is 0.447. The van der Waals surface area contributed by atoms with E-state index in [1.165, 1.54) is 122 Å². The number of fused-ring (bicyclic) bond motifs is 18. The summed E-state index contributed by atoms with van der Waals surface area (Å²) in [6.45, 7) is 20.7. The number of ether oxygens (including phenoxy) is 4. The predicted octanol–water partition coefficient (Wildman–Crippen LogP) is 36.8. The number of rotatable bonds is 36. The van der Waals surface area contributed by atoms with E-state index in [-0.39, 0.29) is 21.7 Å². The van der Waals surface area contributed by atoms with Crippen molar-refractivity contribution < 1.29 is 18.9 Å². The van der Waals surface area contributed by atoms with Crippen LogP contribution >= 0.6 is 0 Å². The molecule has 0 N–H and O–H groups in total. The summed E-state index contributed by atoms with van der Waals surface area (Å²) in [4.78, 5) is 5.07. The van der Waals surface area contributed by atoms with Gasteiger partial charge in [0.2, 0.25) is 0 Å². The highest BCUT2D eigenvalue weighted by atomic mass is 16.5. The molecule has 2 heterocycles. The van der Waals surface area contributed by atoms with Gasteiger partial charge in [0.25, 0.3) is 0 Å². The van der Waals surface area contributed by atoms with E-state index in [9.17, 15) is 0 Å². The molecule has 0 radical (unpaired) electrons. The van der Waals surface area contributed by atoms with Crippen LogP contribution in [0.4, 0.5) is 34.1 Å². The Kier molecular flexibility index (Phi) is 25.1. The summed E-state index contributed by atoms with van der Waals surface area (Å²) in [7, 11) is 0. The van der Waals surface area contributed by atoms with Gasteiger partial charge in [0.1, 0.15) is 11.5 Å². The minimum atomic E-state index is -0.383. The molecule has 2 aromatic heterocycles. The zero-order valence-corrected chi connectivity index (χ0v) is 85.9. The van der Waals surface area contributed by atoms with E-state index >= 15 is 0 Å². The Labute approximate surface area is 881 Å². The van der Waals surface area contributed by atoms with E-state index in [2.05, 4.69) is 472 Å². The van der Waals surface area contributed by atoms with Gasteiger partial charge in [-0.2, -0.15) is 0 Å². The Morgan fingerprint density at radius 3 is 0.900 bits per heavy atom. The van der Waals surface area contributed by atoms with Crippen LogP contribution in [-0.2, 0) is 57.6 Å². The molecule has 0 aliphatic heterocycles. The van der Waals surface area contributed by atoms with Crippen LogP contribution in [0.3, 0.4) is 0 Å². The molecule has 25 rings (SSSR count). The summed E-state index contributed by atoms with van der Waals surface area (Å²) in [6, 6.07) is 163. The average molecular weight is 1950 g/mol. The normalized spacial score (nSPS) is 15.0. The first-order chi connectivity index (χ1) is 73.8. The summed E-state index contributed by atoms with van der Waals surface area (Å²) in [5, 5.41) is 4.77. The molecule has 0 saturated carbocycles. The second kappa shape index (κ2) is 39.9. The SMILES string of the molecule is C=Cc1ccc(OCCCCCCC2(c3ccccc3)c3ccccc3-c3ccc(N(c4ccc5c(c4)C(C)(C)c4ccccc4-5)c4ccc5c(c4)c4ccccc4n5-c4ccc(COCc5ccc(COCc6ccc(-n7c8ccccc8c8cc(N(c9ccc%10c(c9)C(C)(C)c9ccccc9-%10)c9ccc%10c(c9)C(CCCCCCOc9ccc(C=C)cc9)(c9ccccc9)c9ccccc9-%10)ccc87)cc6)cc5)cc4)cc32)cc1. The highest BCUT2D eigenvalue weighted by molar-refractivity contribution is 6.12. The zero-order valence-electron chi connectivity index (χ0n) is 85.9. The van der Waals surface area contributed by atoms with Crippen LogP contribution in [0.2, 0.25) is 0 Å². The fraction of sp³-hybridized carbons (Fsp3) is 0.169. The number of para-hydroxylation sites is 2. The Morgan fingerprint density at radius 1 is 0.240 bits per heavy atom. The number of hydrogen-bond acceptors (Lipinski definition) is 6. The van der Waals surface area contributed by atoms with Crippen molar-refractivity contribution >= 4 is 89.9 Å². The van der Waals surface area contributed by atoms with Gasteiger partial charge in [-0.25, -0.2) is 0 Å².